The molecule has 3 aromatic heterocycles. The molecule has 7 aromatic rings. The van der Waals surface area contributed by atoms with Crippen LogP contribution in [0.3, 0.4) is 0 Å². The molecule has 0 unspecified atom stereocenters. The average molecular weight is 744 g/mol. The summed E-state index contributed by atoms with van der Waals surface area (Å²) < 4.78 is 15.9. The number of aryl methyl sites for hydroxylation is 2. The van der Waals surface area contributed by atoms with E-state index in [4.69, 9.17) is 14.6 Å². The Morgan fingerprint density at radius 3 is 2.40 bits per heavy atom. The Labute approximate surface area is 264 Å². The van der Waals surface area contributed by atoms with Crippen LogP contribution in [0.5, 0.6) is 17.2 Å². The van der Waals surface area contributed by atoms with Crippen LogP contribution in [0.4, 0.5) is 0 Å². The minimum Gasteiger partial charge on any atom is -0.509 e. The quantitative estimate of drug-likeness (QED) is 0.161. The summed E-state index contributed by atoms with van der Waals surface area (Å²) in [4.78, 5) is 4.66. The van der Waals surface area contributed by atoms with Crippen LogP contribution >= 0.6 is 0 Å². The first-order valence-corrected chi connectivity index (χ1v) is 13.8. The van der Waals surface area contributed by atoms with E-state index in [0.717, 1.165) is 61.6 Å². The van der Waals surface area contributed by atoms with E-state index < -0.39 is 0 Å². The van der Waals surface area contributed by atoms with E-state index in [1.165, 1.54) is 5.56 Å². The van der Waals surface area contributed by atoms with Crippen molar-refractivity contribution in [2.45, 2.75) is 20.8 Å². The first-order valence-electron chi connectivity index (χ1n) is 13.8. The van der Waals surface area contributed by atoms with Crippen molar-refractivity contribution in [2.75, 3.05) is 7.11 Å². The van der Waals surface area contributed by atoms with E-state index in [1.807, 2.05) is 66.2 Å². The van der Waals surface area contributed by atoms with Crippen molar-refractivity contribution in [1.82, 2.24) is 19.3 Å². The van der Waals surface area contributed by atoms with Crippen molar-refractivity contribution in [3.63, 3.8) is 0 Å². The van der Waals surface area contributed by atoms with Gasteiger partial charge < -0.3 is 14.0 Å². The summed E-state index contributed by atoms with van der Waals surface area (Å²) in [5.74, 6) is 2.65. The van der Waals surface area contributed by atoms with Gasteiger partial charge in [-0.3, -0.25) is 4.68 Å². The minimum atomic E-state index is 0. The Bertz CT molecular complexity index is 2100. The number of hydrogen-bond donors (Lipinski definition) is 0. The van der Waals surface area contributed by atoms with Gasteiger partial charge in [0.2, 0.25) is 0 Å². The van der Waals surface area contributed by atoms with E-state index in [9.17, 15) is 0 Å². The standard InChI is InChI=1S/C36H28N4O2.Pt/c1-23-13-16-33-32(19-23)31-15-14-30(21-34(31)39(33)35-22-28(41-4)17-18-37-35)42-29-12-8-11-27(20-29)40-25(3)36(24(2)38-40)26-9-6-5-7-10-26;/h5-19,22H,1-4H3;/q-2;+2. The van der Waals surface area contributed by atoms with E-state index in [0.29, 0.717) is 11.5 Å². The summed E-state index contributed by atoms with van der Waals surface area (Å²) in [5, 5.41) is 7.04. The fourth-order valence-corrected chi connectivity index (χ4v) is 5.62. The molecule has 0 aliphatic heterocycles. The molecular weight excluding hydrogens is 716 g/mol. The maximum atomic E-state index is 6.36. The Hall–Kier alpha value is -4.67. The second kappa shape index (κ2) is 11.5. The van der Waals surface area contributed by atoms with Crippen molar-refractivity contribution in [3.05, 3.63) is 126 Å². The van der Waals surface area contributed by atoms with E-state index in [-0.39, 0.29) is 21.1 Å². The Morgan fingerprint density at radius 1 is 0.767 bits per heavy atom. The van der Waals surface area contributed by atoms with Crippen molar-refractivity contribution in [3.8, 4) is 39.9 Å². The van der Waals surface area contributed by atoms with Crippen LogP contribution in [-0.2, 0) is 21.1 Å². The number of pyridine rings is 1. The zero-order valence-electron chi connectivity index (χ0n) is 24.2. The first-order chi connectivity index (χ1) is 20.5. The summed E-state index contributed by atoms with van der Waals surface area (Å²) in [7, 11) is 1.66. The number of benzene rings is 4. The molecule has 7 heteroatoms. The van der Waals surface area contributed by atoms with Gasteiger partial charge in [-0.2, -0.15) is 17.2 Å². The zero-order chi connectivity index (χ0) is 28.8. The molecule has 6 nitrogen and oxygen atoms in total. The molecule has 214 valence electrons. The molecule has 0 radical (unpaired) electrons. The maximum Gasteiger partial charge on any atom is 2.00 e. The fourth-order valence-electron chi connectivity index (χ4n) is 5.62. The first kappa shape index (κ1) is 28.4. The summed E-state index contributed by atoms with van der Waals surface area (Å²) in [6.45, 7) is 6.22. The normalized spacial score (nSPS) is 11.1. The van der Waals surface area contributed by atoms with Crippen molar-refractivity contribution in [1.29, 1.82) is 0 Å². The average Bonchev–Trinajstić information content (AvgIpc) is 3.49. The number of hydrogen-bond acceptors (Lipinski definition) is 4. The van der Waals surface area contributed by atoms with E-state index in [2.05, 4.69) is 71.9 Å². The third-order valence-corrected chi connectivity index (χ3v) is 7.54. The van der Waals surface area contributed by atoms with Crippen LogP contribution in [0.1, 0.15) is 17.0 Å². The van der Waals surface area contributed by atoms with Gasteiger partial charge in [-0.1, -0.05) is 53.5 Å². The molecule has 0 aliphatic carbocycles. The smallest absolute Gasteiger partial charge is 0.509 e. The Morgan fingerprint density at radius 2 is 1.58 bits per heavy atom. The number of fused-ring (bicyclic) bond motifs is 3. The third-order valence-electron chi connectivity index (χ3n) is 7.54. The SMILES string of the molecule is COc1ccnc(-n2c3[c-]c(Oc4[c-]c(-n5nc(C)c(-c6ccccc6)c5C)ccc4)ccc3c3cc(C)ccc32)c1.[Pt+2]. The van der Waals surface area contributed by atoms with Gasteiger partial charge in [-0.05, 0) is 49.5 Å². The molecule has 0 saturated heterocycles. The van der Waals surface area contributed by atoms with Gasteiger partial charge >= 0.3 is 21.1 Å². The fraction of sp³-hybridized carbons (Fsp3) is 0.111. The van der Waals surface area contributed by atoms with Crippen LogP contribution in [0, 0.1) is 32.9 Å². The molecule has 7 rings (SSSR count). The molecule has 0 spiro atoms. The zero-order valence-corrected chi connectivity index (χ0v) is 26.4. The van der Waals surface area contributed by atoms with Gasteiger partial charge in [-0.25, -0.2) is 4.98 Å². The molecule has 0 fully saturated rings. The summed E-state index contributed by atoms with van der Waals surface area (Å²) in [5.41, 5.74) is 8.19. The largest absolute Gasteiger partial charge is 2.00 e. The van der Waals surface area contributed by atoms with E-state index in [1.54, 1.807) is 13.3 Å². The predicted octanol–water partition coefficient (Wildman–Crippen LogP) is 8.36. The van der Waals surface area contributed by atoms with E-state index >= 15 is 0 Å². The molecule has 3 heterocycles. The van der Waals surface area contributed by atoms with Crippen LogP contribution < -0.4 is 9.47 Å². The van der Waals surface area contributed by atoms with Crippen molar-refractivity contribution >= 4 is 21.8 Å². The number of nitrogens with zero attached hydrogens (tertiary/aromatic N) is 4. The number of ether oxygens (including phenoxy) is 2. The van der Waals surface area contributed by atoms with Crippen LogP contribution in [0.25, 0.3) is 44.4 Å². The van der Waals surface area contributed by atoms with Gasteiger partial charge in [-0.15, -0.1) is 35.7 Å². The summed E-state index contributed by atoms with van der Waals surface area (Å²) in [6, 6.07) is 37.3. The molecule has 0 amide bonds. The Kier molecular flexibility index (Phi) is 7.64. The van der Waals surface area contributed by atoms with Crippen LogP contribution in [0.2, 0.25) is 0 Å². The second-order valence-electron chi connectivity index (χ2n) is 10.3. The monoisotopic (exact) mass is 743 g/mol. The molecule has 4 aromatic carbocycles. The molecule has 0 N–H and O–H groups in total. The number of aromatic nitrogens is 4. The molecule has 43 heavy (non-hydrogen) atoms. The third kappa shape index (κ3) is 5.13. The van der Waals surface area contributed by atoms with Gasteiger partial charge in [0.15, 0.2) is 0 Å². The minimum absolute atomic E-state index is 0. The topological polar surface area (TPSA) is 54.1 Å². The summed E-state index contributed by atoms with van der Waals surface area (Å²) >= 11 is 0. The van der Waals surface area contributed by atoms with Gasteiger partial charge in [0, 0.05) is 40.5 Å². The number of rotatable bonds is 6. The molecular formula is C36H28N4O2Pt. The summed E-state index contributed by atoms with van der Waals surface area (Å²) in [6.07, 6.45) is 1.75. The van der Waals surface area contributed by atoms with Crippen molar-refractivity contribution in [2.24, 2.45) is 0 Å². The number of methoxy groups -OCH3 is 1. The van der Waals surface area contributed by atoms with Gasteiger partial charge in [0.25, 0.3) is 0 Å². The molecule has 0 aliphatic rings. The molecule has 0 atom stereocenters. The van der Waals surface area contributed by atoms with Crippen LogP contribution in [-0.4, -0.2) is 26.4 Å². The van der Waals surface area contributed by atoms with Crippen molar-refractivity contribution < 1.29 is 30.5 Å². The van der Waals surface area contributed by atoms with Gasteiger partial charge in [0.1, 0.15) is 11.6 Å². The molecule has 0 bridgehead atoms. The van der Waals surface area contributed by atoms with Gasteiger partial charge in [0.05, 0.1) is 12.8 Å². The van der Waals surface area contributed by atoms with Crippen LogP contribution in [0.15, 0.2) is 97.2 Å². The maximum absolute atomic E-state index is 6.36. The second-order valence-corrected chi connectivity index (χ2v) is 10.3. The Balaban J connectivity index is 0.00000329. The predicted molar refractivity (Wildman–Crippen MR) is 166 cm³/mol. The molecule has 0 saturated carbocycles.